The molecule has 0 aromatic heterocycles. The number of piperidine rings is 1. The van der Waals surface area contributed by atoms with Gasteiger partial charge in [-0.25, -0.2) is 0 Å². The summed E-state index contributed by atoms with van der Waals surface area (Å²) < 4.78 is 11.2. The van der Waals surface area contributed by atoms with Gasteiger partial charge in [-0.1, -0.05) is 30.7 Å². The zero-order chi connectivity index (χ0) is 18.7. The van der Waals surface area contributed by atoms with Crippen LogP contribution in [0.1, 0.15) is 36.8 Å². The smallest absolute Gasteiger partial charge is 0.119 e. The van der Waals surface area contributed by atoms with Crippen molar-refractivity contribution in [1.29, 1.82) is 0 Å². The summed E-state index contributed by atoms with van der Waals surface area (Å²) in [5.41, 5.74) is 2.59. The molecule has 1 aliphatic heterocycles. The van der Waals surface area contributed by atoms with Gasteiger partial charge in [-0.3, -0.25) is 4.90 Å². The molecule has 0 atom stereocenters. The predicted octanol–water partition coefficient (Wildman–Crippen LogP) is 4.24. The predicted molar refractivity (Wildman–Crippen MR) is 110 cm³/mol. The zero-order valence-corrected chi connectivity index (χ0v) is 16.5. The molecule has 1 heterocycles. The second-order valence-corrected chi connectivity index (χ2v) is 7.21. The van der Waals surface area contributed by atoms with E-state index in [1.807, 2.05) is 12.1 Å². The third kappa shape index (κ3) is 6.89. The van der Waals surface area contributed by atoms with E-state index < -0.39 is 0 Å². The highest BCUT2D eigenvalue weighted by Gasteiger charge is 2.10. The van der Waals surface area contributed by atoms with Gasteiger partial charge in [-0.15, -0.1) is 0 Å². The van der Waals surface area contributed by atoms with Gasteiger partial charge < -0.3 is 14.8 Å². The first-order valence-electron chi connectivity index (χ1n) is 10.1. The Bertz CT molecular complexity index is 684. The van der Waals surface area contributed by atoms with E-state index in [0.29, 0.717) is 0 Å². The molecule has 3 rings (SSSR count). The molecule has 0 saturated carbocycles. The molecule has 2 aromatic carbocycles. The number of rotatable bonds is 10. The van der Waals surface area contributed by atoms with Gasteiger partial charge in [0.05, 0.1) is 13.7 Å². The van der Waals surface area contributed by atoms with E-state index in [1.54, 1.807) is 7.11 Å². The Morgan fingerprint density at radius 2 is 1.67 bits per heavy atom. The fraction of sp³-hybridized carbons (Fsp3) is 0.478. The molecule has 4 nitrogen and oxygen atoms in total. The third-order valence-electron chi connectivity index (χ3n) is 4.98. The lowest BCUT2D eigenvalue weighted by molar-refractivity contribution is 0.220. The zero-order valence-electron chi connectivity index (χ0n) is 16.5. The summed E-state index contributed by atoms with van der Waals surface area (Å²) in [6.45, 7) is 6.01. The van der Waals surface area contributed by atoms with Gasteiger partial charge in [-0.05, 0) is 74.3 Å². The Hall–Kier alpha value is -2.04. The van der Waals surface area contributed by atoms with Gasteiger partial charge in [0.25, 0.3) is 0 Å². The summed E-state index contributed by atoms with van der Waals surface area (Å²) >= 11 is 0. The molecule has 1 aliphatic rings. The first kappa shape index (κ1) is 19.7. The number of likely N-dealkylation sites (tertiary alicyclic amines) is 1. The Balaban J connectivity index is 1.33. The Kier molecular flexibility index (Phi) is 8.00. The lowest BCUT2D eigenvalue weighted by atomic mass is 10.1. The van der Waals surface area contributed by atoms with Crippen molar-refractivity contribution in [2.24, 2.45) is 0 Å². The fourth-order valence-corrected chi connectivity index (χ4v) is 3.51. The van der Waals surface area contributed by atoms with E-state index in [9.17, 15) is 0 Å². The Morgan fingerprint density at radius 1 is 0.926 bits per heavy atom. The van der Waals surface area contributed by atoms with Crippen molar-refractivity contribution in [3.63, 3.8) is 0 Å². The van der Waals surface area contributed by atoms with Crippen molar-refractivity contribution in [2.45, 2.75) is 38.8 Å². The maximum absolute atomic E-state index is 5.95. The quantitative estimate of drug-likeness (QED) is 0.636. The highest BCUT2D eigenvalue weighted by Crippen LogP contribution is 2.18. The average molecular weight is 369 g/mol. The monoisotopic (exact) mass is 368 g/mol. The summed E-state index contributed by atoms with van der Waals surface area (Å²) in [4.78, 5) is 2.55. The summed E-state index contributed by atoms with van der Waals surface area (Å²) in [6, 6.07) is 16.7. The molecule has 1 saturated heterocycles. The van der Waals surface area contributed by atoms with E-state index in [0.717, 1.165) is 44.2 Å². The van der Waals surface area contributed by atoms with Gasteiger partial charge >= 0.3 is 0 Å². The van der Waals surface area contributed by atoms with Crippen LogP contribution in [0.2, 0.25) is 0 Å². The standard InChI is InChI=1S/C23H32N2O2/c1-26-22-10-5-8-20(16-22)18-24-12-7-15-27-23-11-6-9-21(17-23)19-25-13-3-2-4-14-25/h5-6,8-11,16-17,24H,2-4,7,12-15,18-19H2,1H3. The van der Waals surface area contributed by atoms with Crippen LogP contribution in [0.3, 0.4) is 0 Å². The Morgan fingerprint density at radius 3 is 2.48 bits per heavy atom. The van der Waals surface area contributed by atoms with Crippen LogP contribution in [0.4, 0.5) is 0 Å². The van der Waals surface area contributed by atoms with E-state index >= 15 is 0 Å². The highest BCUT2D eigenvalue weighted by atomic mass is 16.5. The van der Waals surface area contributed by atoms with Crippen LogP contribution in [0.25, 0.3) is 0 Å². The van der Waals surface area contributed by atoms with Crippen LogP contribution in [-0.2, 0) is 13.1 Å². The Labute approximate surface area is 163 Å². The molecule has 27 heavy (non-hydrogen) atoms. The summed E-state index contributed by atoms with van der Waals surface area (Å²) in [6.07, 6.45) is 5.03. The second kappa shape index (κ2) is 11.0. The van der Waals surface area contributed by atoms with E-state index in [2.05, 4.69) is 46.6 Å². The van der Waals surface area contributed by atoms with Crippen molar-refractivity contribution in [3.8, 4) is 11.5 Å². The molecule has 1 N–H and O–H groups in total. The minimum Gasteiger partial charge on any atom is -0.497 e. The molecule has 0 unspecified atom stereocenters. The molecule has 0 spiro atoms. The molecule has 2 aromatic rings. The maximum atomic E-state index is 5.95. The van der Waals surface area contributed by atoms with Crippen LogP contribution in [0.15, 0.2) is 48.5 Å². The average Bonchev–Trinajstić information content (AvgIpc) is 2.72. The summed E-state index contributed by atoms with van der Waals surface area (Å²) in [5, 5.41) is 3.46. The van der Waals surface area contributed by atoms with Crippen molar-refractivity contribution >= 4 is 0 Å². The van der Waals surface area contributed by atoms with Crippen molar-refractivity contribution in [1.82, 2.24) is 10.2 Å². The summed E-state index contributed by atoms with van der Waals surface area (Å²) in [5.74, 6) is 1.89. The largest absolute Gasteiger partial charge is 0.497 e. The third-order valence-corrected chi connectivity index (χ3v) is 4.98. The number of methoxy groups -OCH3 is 1. The molecular formula is C23H32N2O2. The molecule has 0 radical (unpaired) electrons. The number of hydrogen-bond donors (Lipinski definition) is 1. The molecule has 1 fully saturated rings. The minimum atomic E-state index is 0.734. The topological polar surface area (TPSA) is 33.7 Å². The molecule has 0 aliphatic carbocycles. The van der Waals surface area contributed by atoms with E-state index in [-0.39, 0.29) is 0 Å². The van der Waals surface area contributed by atoms with Crippen molar-refractivity contribution in [2.75, 3.05) is 33.4 Å². The highest BCUT2D eigenvalue weighted by molar-refractivity contribution is 5.29. The van der Waals surface area contributed by atoms with E-state index in [1.165, 1.54) is 43.5 Å². The van der Waals surface area contributed by atoms with Crippen LogP contribution in [0.5, 0.6) is 11.5 Å². The lowest BCUT2D eigenvalue weighted by Crippen LogP contribution is -2.29. The number of benzene rings is 2. The van der Waals surface area contributed by atoms with Gasteiger partial charge in [0.2, 0.25) is 0 Å². The molecule has 146 valence electrons. The van der Waals surface area contributed by atoms with E-state index in [4.69, 9.17) is 9.47 Å². The van der Waals surface area contributed by atoms with Crippen molar-refractivity contribution < 1.29 is 9.47 Å². The maximum Gasteiger partial charge on any atom is 0.119 e. The van der Waals surface area contributed by atoms with Crippen molar-refractivity contribution in [3.05, 3.63) is 59.7 Å². The van der Waals surface area contributed by atoms with Gasteiger partial charge in [0, 0.05) is 13.1 Å². The first-order chi connectivity index (χ1) is 13.3. The van der Waals surface area contributed by atoms with Crippen LogP contribution < -0.4 is 14.8 Å². The lowest BCUT2D eigenvalue weighted by Gasteiger charge is -2.26. The minimum absolute atomic E-state index is 0.734. The van der Waals surface area contributed by atoms with Crippen LogP contribution >= 0.6 is 0 Å². The second-order valence-electron chi connectivity index (χ2n) is 7.21. The fourth-order valence-electron chi connectivity index (χ4n) is 3.51. The van der Waals surface area contributed by atoms with Crippen LogP contribution in [0, 0.1) is 0 Å². The number of hydrogen-bond acceptors (Lipinski definition) is 4. The van der Waals surface area contributed by atoms with Gasteiger partial charge in [-0.2, -0.15) is 0 Å². The molecule has 0 amide bonds. The number of ether oxygens (including phenoxy) is 2. The summed E-state index contributed by atoms with van der Waals surface area (Å²) in [7, 11) is 1.70. The normalized spacial score (nSPS) is 14.9. The SMILES string of the molecule is COc1cccc(CNCCCOc2cccc(CN3CCCCC3)c2)c1. The van der Waals surface area contributed by atoms with Gasteiger partial charge in [0.15, 0.2) is 0 Å². The van der Waals surface area contributed by atoms with Gasteiger partial charge in [0.1, 0.15) is 11.5 Å². The molecular weight excluding hydrogens is 336 g/mol. The first-order valence-corrected chi connectivity index (χ1v) is 10.1. The number of nitrogens with zero attached hydrogens (tertiary/aromatic N) is 1. The van der Waals surface area contributed by atoms with Crippen LogP contribution in [-0.4, -0.2) is 38.3 Å². The number of nitrogens with one attached hydrogen (secondary N) is 1. The molecule has 4 heteroatoms. The molecule has 0 bridgehead atoms.